The summed E-state index contributed by atoms with van der Waals surface area (Å²) in [4.78, 5) is 57.9. The van der Waals surface area contributed by atoms with Gasteiger partial charge in [0.15, 0.2) is 5.82 Å². The average molecular weight is 652 g/mol. The second-order valence-electron chi connectivity index (χ2n) is 12.2. The van der Waals surface area contributed by atoms with E-state index in [1.165, 1.54) is 11.6 Å². The van der Waals surface area contributed by atoms with Crippen LogP contribution in [0.2, 0.25) is 0 Å². The molecule has 4 aromatic rings. The second-order valence-corrected chi connectivity index (χ2v) is 12.2. The third-order valence-corrected chi connectivity index (χ3v) is 8.55. The van der Waals surface area contributed by atoms with Crippen LogP contribution in [-0.4, -0.2) is 57.1 Å². The van der Waals surface area contributed by atoms with Gasteiger partial charge in [0.2, 0.25) is 24.6 Å². The van der Waals surface area contributed by atoms with E-state index in [1.807, 2.05) is 39.0 Å². The molecule has 0 aliphatic heterocycles. The van der Waals surface area contributed by atoms with Crippen molar-refractivity contribution in [3.8, 4) is 0 Å². The molecule has 47 heavy (non-hydrogen) atoms. The number of nitrogens with one attached hydrogen (secondary N) is 2. The largest absolute Gasteiger partial charge is 0.357 e. The van der Waals surface area contributed by atoms with Crippen molar-refractivity contribution in [2.45, 2.75) is 78.2 Å². The van der Waals surface area contributed by atoms with Crippen molar-refractivity contribution in [1.82, 2.24) is 29.5 Å². The van der Waals surface area contributed by atoms with E-state index in [2.05, 4.69) is 35.6 Å². The highest BCUT2D eigenvalue weighted by Crippen LogP contribution is 2.31. The molecule has 0 saturated heterocycles. The number of carbonyl (C=O) groups excluding carboxylic acids is 4. The number of para-hydroxylation sites is 1. The predicted octanol–water partition coefficient (Wildman–Crippen LogP) is 4.40. The number of aromatic nitrogens is 4. The summed E-state index contributed by atoms with van der Waals surface area (Å²) in [6.07, 6.45) is 2.59. The molecule has 2 heterocycles. The van der Waals surface area contributed by atoms with Crippen molar-refractivity contribution in [3.05, 3.63) is 57.8 Å². The second kappa shape index (κ2) is 16.1. The number of rotatable bonds is 13. The molecular formula is C34H46FN7O5. The van der Waals surface area contributed by atoms with E-state index < -0.39 is 0 Å². The molecule has 0 spiro atoms. The summed E-state index contributed by atoms with van der Waals surface area (Å²) in [6, 6.07) is 9.18. The first kappa shape index (κ1) is 36.7. The van der Waals surface area contributed by atoms with E-state index in [4.69, 9.17) is 0 Å². The highest BCUT2D eigenvalue weighted by Gasteiger charge is 2.21. The lowest BCUT2D eigenvalue weighted by Gasteiger charge is -2.16. The van der Waals surface area contributed by atoms with Gasteiger partial charge in [0, 0.05) is 52.0 Å². The third kappa shape index (κ3) is 8.32. The number of imidazole rings is 1. The van der Waals surface area contributed by atoms with Gasteiger partial charge in [0.25, 0.3) is 0 Å². The van der Waals surface area contributed by atoms with Crippen LogP contribution in [0.15, 0.2) is 35.1 Å². The Hall–Kier alpha value is -4.81. The van der Waals surface area contributed by atoms with Gasteiger partial charge in [-0.3, -0.25) is 43.6 Å². The van der Waals surface area contributed by atoms with Gasteiger partial charge in [-0.05, 0) is 60.9 Å². The molecule has 2 unspecified atom stereocenters. The minimum Gasteiger partial charge on any atom is -0.357 e. The maximum absolute atomic E-state index is 14.3. The normalized spacial score (nSPS) is 12.4. The highest BCUT2D eigenvalue weighted by atomic mass is 19.1. The van der Waals surface area contributed by atoms with Gasteiger partial charge in [-0.2, -0.15) is 5.10 Å². The van der Waals surface area contributed by atoms with Crippen LogP contribution >= 0.6 is 0 Å². The van der Waals surface area contributed by atoms with E-state index in [0.717, 1.165) is 23.0 Å². The van der Waals surface area contributed by atoms with Crippen molar-refractivity contribution in [1.29, 1.82) is 0 Å². The zero-order valence-corrected chi connectivity index (χ0v) is 28.5. The summed E-state index contributed by atoms with van der Waals surface area (Å²) in [7, 11) is 5.38. The Bertz CT molecular complexity index is 1810. The summed E-state index contributed by atoms with van der Waals surface area (Å²) in [6.45, 7) is 10.5. The smallest absolute Gasteiger partial charge is 0.329 e. The van der Waals surface area contributed by atoms with E-state index in [1.54, 1.807) is 39.9 Å². The van der Waals surface area contributed by atoms with Gasteiger partial charge in [0.05, 0.1) is 16.6 Å². The molecule has 12 nitrogen and oxygen atoms in total. The monoisotopic (exact) mass is 651 g/mol. The van der Waals surface area contributed by atoms with Crippen molar-refractivity contribution in [2.75, 3.05) is 18.5 Å². The number of fused-ring (bicyclic) bond motifs is 2. The van der Waals surface area contributed by atoms with Crippen LogP contribution in [0.5, 0.6) is 0 Å². The molecule has 2 atom stereocenters. The van der Waals surface area contributed by atoms with Gasteiger partial charge >= 0.3 is 5.69 Å². The predicted molar refractivity (Wildman–Crippen MR) is 181 cm³/mol. The first-order valence-electron chi connectivity index (χ1n) is 15.8. The fourth-order valence-corrected chi connectivity index (χ4v) is 5.63. The maximum Gasteiger partial charge on any atom is 0.329 e. The Morgan fingerprint density at radius 1 is 0.979 bits per heavy atom. The Morgan fingerprint density at radius 2 is 1.62 bits per heavy atom. The SMILES string of the molecule is CC(C)c1cc2c(cc1F)c(N(C)CCC(=O)NC=O)nn2C.CCC(C)c1cccc2c1n(C)c(=O)n2C(C)CCC(=O)NC=O. The minimum absolute atomic E-state index is 0.0796. The van der Waals surface area contributed by atoms with E-state index in [0.29, 0.717) is 48.5 Å². The quantitative estimate of drug-likeness (QED) is 0.204. The third-order valence-electron chi connectivity index (χ3n) is 8.55. The van der Waals surface area contributed by atoms with Crippen molar-refractivity contribution >= 4 is 52.4 Å². The lowest BCUT2D eigenvalue weighted by atomic mass is 9.97. The topological polar surface area (TPSA) is 140 Å². The lowest BCUT2D eigenvalue weighted by molar-refractivity contribution is -0.126. The molecular weight excluding hydrogens is 605 g/mol. The number of aryl methyl sites for hydroxylation is 2. The molecule has 2 aromatic carbocycles. The summed E-state index contributed by atoms with van der Waals surface area (Å²) in [5, 5.41) is 9.35. The summed E-state index contributed by atoms with van der Waals surface area (Å²) in [5.41, 5.74) is 4.43. The van der Waals surface area contributed by atoms with Gasteiger partial charge < -0.3 is 4.90 Å². The molecule has 0 saturated carbocycles. The number of halogens is 1. The first-order valence-corrected chi connectivity index (χ1v) is 15.8. The van der Waals surface area contributed by atoms with E-state index in [-0.39, 0.29) is 48.1 Å². The zero-order chi connectivity index (χ0) is 35.0. The van der Waals surface area contributed by atoms with Crippen LogP contribution in [0.3, 0.4) is 0 Å². The van der Waals surface area contributed by atoms with E-state index >= 15 is 0 Å². The van der Waals surface area contributed by atoms with Gasteiger partial charge in [-0.15, -0.1) is 0 Å². The maximum atomic E-state index is 14.3. The summed E-state index contributed by atoms with van der Waals surface area (Å²) >= 11 is 0. The van der Waals surface area contributed by atoms with E-state index in [9.17, 15) is 28.4 Å². The number of carbonyl (C=O) groups is 4. The van der Waals surface area contributed by atoms with Crippen LogP contribution in [0.4, 0.5) is 10.2 Å². The molecule has 13 heteroatoms. The highest BCUT2D eigenvalue weighted by molar-refractivity contribution is 5.92. The molecule has 2 aromatic heterocycles. The van der Waals surface area contributed by atoms with Crippen LogP contribution < -0.4 is 21.2 Å². The number of anilines is 1. The Balaban J connectivity index is 0.000000256. The van der Waals surface area contributed by atoms with Crippen LogP contribution in [-0.2, 0) is 33.3 Å². The van der Waals surface area contributed by atoms with Crippen LogP contribution in [0, 0.1) is 5.82 Å². The number of hydrogen-bond acceptors (Lipinski definition) is 7. The first-order chi connectivity index (χ1) is 22.3. The fourth-order valence-electron chi connectivity index (χ4n) is 5.63. The number of imide groups is 2. The minimum atomic E-state index is -0.361. The molecule has 254 valence electrons. The zero-order valence-electron chi connectivity index (χ0n) is 28.5. The average Bonchev–Trinajstić information content (AvgIpc) is 3.50. The van der Waals surface area contributed by atoms with Crippen LogP contribution in [0.1, 0.15) is 89.3 Å². The molecule has 0 aliphatic rings. The van der Waals surface area contributed by atoms with Crippen molar-refractivity contribution in [3.63, 3.8) is 0 Å². The number of benzene rings is 2. The molecule has 0 fully saturated rings. The van der Waals surface area contributed by atoms with Crippen molar-refractivity contribution in [2.24, 2.45) is 14.1 Å². The molecule has 0 radical (unpaired) electrons. The number of amides is 4. The fraction of sp³-hybridized carbons (Fsp3) is 0.471. The Morgan fingerprint density at radius 3 is 2.21 bits per heavy atom. The van der Waals surface area contributed by atoms with Crippen LogP contribution in [0.25, 0.3) is 21.9 Å². The lowest BCUT2D eigenvalue weighted by Crippen LogP contribution is -2.28. The van der Waals surface area contributed by atoms with Gasteiger partial charge in [-0.25, -0.2) is 9.18 Å². The summed E-state index contributed by atoms with van der Waals surface area (Å²) in [5.74, 6) is 0.113. The molecule has 0 bridgehead atoms. The van der Waals surface area contributed by atoms with Gasteiger partial charge in [-0.1, -0.05) is 39.8 Å². The Kier molecular flexibility index (Phi) is 12.6. The molecule has 4 amide bonds. The van der Waals surface area contributed by atoms with Crippen molar-refractivity contribution < 1.29 is 23.6 Å². The summed E-state index contributed by atoms with van der Waals surface area (Å²) < 4.78 is 19.4. The molecule has 2 N–H and O–H groups in total. The Labute approximate surface area is 273 Å². The number of nitrogens with zero attached hydrogens (tertiary/aromatic N) is 5. The standard InChI is InChI=1S/C18H25N3O3.C16H21FN4O2/c1-5-12(2)14-7-6-8-15-17(14)20(4)18(24)21(15)13(3)9-10-16(23)19-11-22;1-10(2)11-8-14-12(7-13(11)17)16(19-21(14)4)20(3)6-5-15(23)18-9-22/h6-8,11-13H,5,9-10H2,1-4H3,(H,19,22,23);7-10H,5-6H2,1-4H3,(H,18,22,23). The van der Waals surface area contributed by atoms with Gasteiger partial charge in [0.1, 0.15) is 5.82 Å². The number of hydrogen-bond donors (Lipinski definition) is 2. The molecule has 4 rings (SSSR count). The molecule has 0 aliphatic carbocycles.